The smallest absolute Gasteiger partial charge is 0.241 e. The maximum Gasteiger partial charge on any atom is 0.261 e. The molecule has 0 atom stereocenters. The lowest BCUT2D eigenvalue weighted by molar-refractivity contribution is 0.544. The topological polar surface area (TPSA) is 59.1 Å². The predicted molar refractivity (Wildman–Crippen MR) is 70.2 cm³/mol. The first kappa shape index (κ1) is 13.6. The average molecular weight is 351 g/mol. The van der Waals surface area contributed by atoms with E-state index in [0.717, 1.165) is 14.7 Å². The van der Waals surface area contributed by atoms with E-state index in [0.29, 0.717) is 0 Å². The Morgan fingerprint density at radius 1 is 1.39 bits per heavy atom. The zero-order chi connectivity index (χ0) is 13.2. The summed E-state index contributed by atoms with van der Waals surface area (Å²) in [6.45, 7) is 0.106. The van der Waals surface area contributed by atoms with Gasteiger partial charge >= 0.3 is 0 Å². The van der Waals surface area contributed by atoms with Crippen LogP contribution in [-0.4, -0.2) is 13.4 Å². The Kier molecular flexibility index (Phi) is 4.10. The van der Waals surface area contributed by atoms with Gasteiger partial charge in [-0.05, 0) is 40.2 Å². The predicted octanol–water partition coefficient (Wildman–Crippen LogP) is 2.52. The van der Waals surface area contributed by atoms with E-state index in [1.165, 1.54) is 23.6 Å². The Hall–Kier alpha value is -0.830. The molecule has 0 saturated heterocycles. The quantitative estimate of drug-likeness (QED) is 0.921. The average Bonchev–Trinajstić information content (AvgIpc) is 2.73. The summed E-state index contributed by atoms with van der Waals surface area (Å²) < 4.78 is 40.2. The summed E-state index contributed by atoms with van der Waals surface area (Å²) in [7, 11) is -3.92. The number of hydrogen-bond acceptors (Lipinski definition) is 4. The van der Waals surface area contributed by atoms with Crippen molar-refractivity contribution in [2.45, 2.75) is 11.6 Å². The molecule has 0 aliphatic rings. The highest BCUT2D eigenvalue weighted by atomic mass is 79.9. The Balaban J connectivity index is 2.16. The molecule has 2 aromatic heterocycles. The van der Waals surface area contributed by atoms with Crippen molar-refractivity contribution < 1.29 is 12.8 Å². The lowest BCUT2D eigenvalue weighted by Gasteiger charge is -2.05. The van der Waals surface area contributed by atoms with Crippen molar-refractivity contribution >= 4 is 37.3 Å². The number of thiophene rings is 1. The van der Waals surface area contributed by atoms with E-state index in [2.05, 4.69) is 25.6 Å². The third-order valence-corrected chi connectivity index (χ3v) is 5.00. The van der Waals surface area contributed by atoms with E-state index in [-0.39, 0.29) is 6.54 Å². The van der Waals surface area contributed by atoms with Crippen LogP contribution in [0.5, 0.6) is 0 Å². The van der Waals surface area contributed by atoms with Gasteiger partial charge in [0, 0.05) is 17.6 Å². The number of sulfonamides is 1. The van der Waals surface area contributed by atoms with Gasteiger partial charge in [0.25, 0.3) is 10.0 Å². The summed E-state index contributed by atoms with van der Waals surface area (Å²) >= 11 is 4.68. The second-order valence-corrected chi connectivity index (χ2v) is 7.55. The van der Waals surface area contributed by atoms with Crippen molar-refractivity contribution in [2.24, 2.45) is 0 Å². The molecule has 0 spiro atoms. The standard InChI is InChI=1S/C10H8BrFN2O2S2/c11-9-4-3-7(17-9)6-14-18(15,16)10-8(12)2-1-5-13-10/h1-5,14H,6H2. The molecule has 4 nitrogen and oxygen atoms in total. The number of pyridine rings is 1. The van der Waals surface area contributed by atoms with Crippen molar-refractivity contribution in [3.05, 3.63) is 44.9 Å². The molecule has 0 saturated carbocycles. The largest absolute Gasteiger partial charge is 0.261 e. The summed E-state index contributed by atoms with van der Waals surface area (Å²) in [4.78, 5) is 4.36. The van der Waals surface area contributed by atoms with Crippen LogP contribution in [0, 0.1) is 5.82 Å². The van der Waals surface area contributed by atoms with Gasteiger partial charge in [0.2, 0.25) is 5.03 Å². The number of nitrogens with one attached hydrogen (secondary N) is 1. The van der Waals surface area contributed by atoms with Gasteiger partial charge in [-0.2, -0.15) is 0 Å². The minimum absolute atomic E-state index is 0.106. The summed E-state index contributed by atoms with van der Waals surface area (Å²) in [6, 6.07) is 6.00. The maximum atomic E-state index is 13.3. The van der Waals surface area contributed by atoms with Gasteiger partial charge in [0.15, 0.2) is 5.82 Å². The Bertz CT molecular complexity index is 657. The molecule has 96 valence electrons. The van der Waals surface area contributed by atoms with Crippen LogP contribution in [0.2, 0.25) is 0 Å². The van der Waals surface area contributed by atoms with E-state index in [4.69, 9.17) is 0 Å². The monoisotopic (exact) mass is 350 g/mol. The molecule has 8 heteroatoms. The Morgan fingerprint density at radius 2 is 2.17 bits per heavy atom. The van der Waals surface area contributed by atoms with E-state index < -0.39 is 20.9 Å². The van der Waals surface area contributed by atoms with Crippen LogP contribution in [0.4, 0.5) is 4.39 Å². The van der Waals surface area contributed by atoms with Crippen LogP contribution in [0.3, 0.4) is 0 Å². The normalized spacial score (nSPS) is 11.7. The third-order valence-electron chi connectivity index (χ3n) is 2.04. The van der Waals surface area contributed by atoms with E-state index in [1.54, 1.807) is 6.07 Å². The second kappa shape index (κ2) is 5.43. The fourth-order valence-electron chi connectivity index (χ4n) is 1.25. The van der Waals surface area contributed by atoms with Gasteiger partial charge in [-0.25, -0.2) is 22.5 Å². The van der Waals surface area contributed by atoms with Gasteiger partial charge in [0.1, 0.15) is 0 Å². The molecule has 1 N–H and O–H groups in total. The van der Waals surface area contributed by atoms with Crippen molar-refractivity contribution in [1.82, 2.24) is 9.71 Å². The lowest BCUT2D eigenvalue weighted by atomic mass is 10.5. The highest BCUT2D eigenvalue weighted by molar-refractivity contribution is 9.11. The van der Waals surface area contributed by atoms with Crippen molar-refractivity contribution in [1.29, 1.82) is 0 Å². The first-order valence-electron chi connectivity index (χ1n) is 4.83. The number of hydrogen-bond donors (Lipinski definition) is 1. The minimum Gasteiger partial charge on any atom is -0.241 e. The third kappa shape index (κ3) is 3.14. The molecule has 0 aromatic carbocycles. The zero-order valence-electron chi connectivity index (χ0n) is 8.93. The van der Waals surface area contributed by atoms with Crippen molar-refractivity contribution in [3.8, 4) is 0 Å². The highest BCUT2D eigenvalue weighted by Gasteiger charge is 2.20. The molecule has 2 aromatic rings. The number of aromatic nitrogens is 1. The zero-order valence-corrected chi connectivity index (χ0v) is 12.1. The first-order chi connectivity index (χ1) is 8.49. The molecule has 0 radical (unpaired) electrons. The van der Waals surface area contributed by atoms with Crippen LogP contribution in [-0.2, 0) is 16.6 Å². The second-order valence-electron chi connectivity index (χ2n) is 3.32. The van der Waals surface area contributed by atoms with E-state index in [9.17, 15) is 12.8 Å². The molecular formula is C10H8BrFN2O2S2. The van der Waals surface area contributed by atoms with Crippen LogP contribution in [0.1, 0.15) is 4.88 Å². The molecule has 0 fully saturated rings. The van der Waals surface area contributed by atoms with Gasteiger partial charge < -0.3 is 0 Å². The fourth-order valence-corrected chi connectivity index (χ4v) is 3.77. The minimum atomic E-state index is -3.92. The molecule has 18 heavy (non-hydrogen) atoms. The van der Waals surface area contributed by atoms with Gasteiger partial charge in [0.05, 0.1) is 3.79 Å². The lowest BCUT2D eigenvalue weighted by Crippen LogP contribution is -2.24. The summed E-state index contributed by atoms with van der Waals surface area (Å²) in [5, 5.41) is -0.583. The first-order valence-corrected chi connectivity index (χ1v) is 7.93. The molecule has 2 heterocycles. The Morgan fingerprint density at radius 3 is 2.78 bits per heavy atom. The molecule has 0 unspecified atom stereocenters. The van der Waals surface area contributed by atoms with Crippen molar-refractivity contribution in [2.75, 3.05) is 0 Å². The molecule has 0 amide bonds. The van der Waals surface area contributed by atoms with Crippen LogP contribution in [0.25, 0.3) is 0 Å². The number of rotatable bonds is 4. The molecular weight excluding hydrogens is 343 g/mol. The molecule has 0 aliphatic carbocycles. The van der Waals surface area contributed by atoms with Gasteiger partial charge in [-0.15, -0.1) is 11.3 Å². The highest BCUT2D eigenvalue weighted by Crippen LogP contribution is 2.22. The maximum absolute atomic E-state index is 13.3. The summed E-state index contributed by atoms with van der Waals surface area (Å²) in [6.07, 6.45) is 1.24. The van der Waals surface area contributed by atoms with Crippen molar-refractivity contribution in [3.63, 3.8) is 0 Å². The molecule has 0 aliphatic heterocycles. The molecule has 0 bridgehead atoms. The SMILES string of the molecule is O=S(=O)(NCc1ccc(Br)s1)c1ncccc1F. The van der Waals surface area contributed by atoms with E-state index >= 15 is 0 Å². The van der Waals surface area contributed by atoms with Gasteiger partial charge in [-0.3, -0.25) is 0 Å². The Labute approximate surface area is 116 Å². The van der Waals surface area contributed by atoms with Crippen LogP contribution >= 0.6 is 27.3 Å². The number of nitrogens with zero attached hydrogens (tertiary/aromatic N) is 1. The van der Waals surface area contributed by atoms with E-state index in [1.807, 2.05) is 6.07 Å². The summed E-state index contributed by atoms with van der Waals surface area (Å²) in [5.41, 5.74) is 0. The fraction of sp³-hybridized carbons (Fsp3) is 0.100. The molecule has 2 rings (SSSR count). The summed E-state index contributed by atoms with van der Waals surface area (Å²) in [5.74, 6) is -0.864. The number of halogens is 2. The van der Waals surface area contributed by atoms with Gasteiger partial charge in [-0.1, -0.05) is 0 Å². The van der Waals surface area contributed by atoms with Crippen LogP contribution in [0.15, 0.2) is 39.3 Å². The van der Waals surface area contributed by atoms with Crippen LogP contribution < -0.4 is 4.72 Å².